The third-order valence-corrected chi connectivity index (χ3v) is 2.93. The number of carbonyl (C=O) groups is 1. The topological polar surface area (TPSA) is 41.1 Å². The minimum Gasteiger partial charge on any atom is -0.351 e. The molecule has 2 N–H and O–H groups in total. The highest BCUT2D eigenvalue weighted by atomic mass is 16.1. The van der Waals surface area contributed by atoms with E-state index in [2.05, 4.69) is 35.4 Å². The molecule has 2 aromatic rings. The summed E-state index contributed by atoms with van der Waals surface area (Å²) in [5.41, 5.74) is 1.13. The third-order valence-electron chi connectivity index (χ3n) is 2.93. The Bertz CT molecular complexity index is 572. The van der Waals surface area contributed by atoms with Crippen LogP contribution in [0.1, 0.15) is 5.56 Å². The van der Waals surface area contributed by atoms with Gasteiger partial charge in [-0.1, -0.05) is 48.5 Å². The Morgan fingerprint density at radius 1 is 1.16 bits per heavy atom. The number of fused-ring (bicyclic) bond motifs is 1. The fourth-order valence-corrected chi connectivity index (χ4v) is 1.99. The Morgan fingerprint density at radius 3 is 2.79 bits per heavy atom. The van der Waals surface area contributed by atoms with E-state index in [1.165, 1.54) is 10.8 Å². The molecule has 2 aromatic carbocycles. The molecular weight excluding hydrogens is 236 g/mol. The number of benzene rings is 2. The normalized spacial score (nSPS) is 10.3. The number of nitrogens with one attached hydrogen (secondary N) is 2. The largest absolute Gasteiger partial charge is 0.351 e. The highest BCUT2D eigenvalue weighted by molar-refractivity contribution is 5.86. The van der Waals surface area contributed by atoms with Crippen LogP contribution >= 0.6 is 0 Å². The van der Waals surface area contributed by atoms with E-state index in [1.807, 2.05) is 24.3 Å². The first-order valence-electron chi connectivity index (χ1n) is 6.36. The summed E-state index contributed by atoms with van der Waals surface area (Å²) in [5.74, 6) is -0.00483. The van der Waals surface area contributed by atoms with Crippen LogP contribution < -0.4 is 10.6 Å². The van der Waals surface area contributed by atoms with Crippen LogP contribution in [0.4, 0.5) is 0 Å². The van der Waals surface area contributed by atoms with Crippen LogP contribution in [-0.2, 0) is 11.3 Å². The van der Waals surface area contributed by atoms with Crippen LogP contribution in [0.5, 0.6) is 0 Å². The van der Waals surface area contributed by atoms with Gasteiger partial charge < -0.3 is 10.6 Å². The summed E-state index contributed by atoms with van der Waals surface area (Å²) in [6, 6.07) is 14.3. The van der Waals surface area contributed by atoms with Crippen molar-refractivity contribution in [2.75, 3.05) is 13.1 Å². The van der Waals surface area contributed by atoms with E-state index in [-0.39, 0.29) is 5.91 Å². The van der Waals surface area contributed by atoms with E-state index in [1.54, 1.807) is 6.08 Å². The minimum absolute atomic E-state index is 0.00483. The molecule has 0 aliphatic heterocycles. The van der Waals surface area contributed by atoms with Gasteiger partial charge in [-0.3, -0.25) is 4.79 Å². The van der Waals surface area contributed by atoms with E-state index >= 15 is 0 Å². The molecule has 0 aromatic heterocycles. The number of amides is 1. The molecule has 3 heteroatoms. The van der Waals surface area contributed by atoms with Crippen molar-refractivity contribution in [1.82, 2.24) is 10.6 Å². The van der Waals surface area contributed by atoms with Gasteiger partial charge in [0.25, 0.3) is 0 Å². The SMILES string of the molecule is C=CCNCC(=O)NCc1cccc2ccccc12. The van der Waals surface area contributed by atoms with Gasteiger partial charge in [0.2, 0.25) is 5.91 Å². The number of carbonyl (C=O) groups excluding carboxylic acids is 1. The zero-order valence-electron chi connectivity index (χ0n) is 10.9. The lowest BCUT2D eigenvalue weighted by Gasteiger charge is -2.08. The first kappa shape index (κ1) is 13.3. The van der Waals surface area contributed by atoms with Crippen LogP contribution in [-0.4, -0.2) is 19.0 Å². The number of rotatable bonds is 6. The van der Waals surface area contributed by atoms with Crippen molar-refractivity contribution in [3.8, 4) is 0 Å². The second-order valence-corrected chi connectivity index (χ2v) is 4.33. The molecule has 0 fully saturated rings. The van der Waals surface area contributed by atoms with Crippen LogP contribution in [0.15, 0.2) is 55.1 Å². The lowest BCUT2D eigenvalue weighted by molar-refractivity contribution is -0.120. The average molecular weight is 254 g/mol. The van der Waals surface area contributed by atoms with Gasteiger partial charge in [-0.2, -0.15) is 0 Å². The van der Waals surface area contributed by atoms with Crippen LogP contribution in [0.25, 0.3) is 10.8 Å². The van der Waals surface area contributed by atoms with Crippen molar-refractivity contribution in [3.05, 3.63) is 60.7 Å². The summed E-state index contributed by atoms with van der Waals surface area (Å²) < 4.78 is 0. The number of hydrogen-bond donors (Lipinski definition) is 2. The Balaban J connectivity index is 1.98. The molecule has 98 valence electrons. The van der Waals surface area contributed by atoms with Crippen molar-refractivity contribution in [2.45, 2.75) is 6.54 Å². The highest BCUT2D eigenvalue weighted by Crippen LogP contribution is 2.17. The zero-order valence-corrected chi connectivity index (χ0v) is 10.9. The predicted octanol–water partition coefficient (Wildman–Crippen LogP) is 2.23. The van der Waals surface area contributed by atoms with Gasteiger partial charge in [-0.15, -0.1) is 6.58 Å². The molecule has 0 unspecified atom stereocenters. The molecule has 0 radical (unpaired) electrons. The molecular formula is C16H18N2O. The van der Waals surface area contributed by atoms with Crippen molar-refractivity contribution in [1.29, 1.82) is 0 Å². The standard InChI is InChI=1S/C16H18N2O/c1-2-10-17-12-16(19)18-11-14-8-5-7-13-6-3-4-9-15(13)14/h2-9,17H,1,10-12H2,(H,18,19). The third kappa shape index (κ3) is 3.66. The van der Waals surface area contributed by atoms with Gasteiger partial charge in [0, 0.05) is 13.1 Å². The lowest BCUT2D eigenvalue weighted by atomic mass is 10.0. The Labute approximate surface area is 113 Å². The Morgan fingerprint density at radius 2 is 1.95 bits per heavy atom. The maximum absolute atomic E-state index is 11.6. The van der Waals surface area contributed by atoms with Crippen LogP contribution in [0.2, 0.25) is 0 Å². The predicted molar refractivity (Wildman–Crippen MR) is 78.9 cm³/mol. The molecule has 0 saturated carbocycles. The second-order valence-electron chi connectivity index (χ2n) is 4.33. The quantitative estimate of drug-likeness (QED) is 0.613. The molecule has 2 rings (SSSR count). The van der Waals surface area contributed by atoms with Gasteiger partial charge in [-0.25, -0.2) is 0 Å². The summed E-state index contributed by atoms with van der Waals surface area (Å²) in [4.78, 5) is 11.6. The smallest absolute Gasteiger partial charge is 0.234 e. The van der Waals surface area contributed by atoms with Gasteiger partial charge in [-0.05, 0) is 16.3 Å². The summed E-state index contributed by atoms with van der Waals surface area (Å²) in [6.07, 6.45) is 1.73. The van der Waals surface area contributed by atoms with Gasteiger partial charge >= 0.3 is 0 Å². The first-order chi connectivity index (χ1) is 9.31. The van der Waals surface area contributed by atoms with Gasteiger partial charge in [0.1, 0.15) is 0 Å². The van der Waals surface area contributed by atoms with Crippen LogP contribution in [0.3, 0.4) is 0 Å². The van der Waals surface area contributed by atoms with Gasteiger partial charge in [0.15, 0.2) is 0 Å². The molecule has 0 bridgehead atoms. The maximum atomic E-state index is 11.6. The molecule has 0 atom stereocenters. The van der Waals surface area contributed by atoms with Crippen molar-refractivity contribution in [2.24, 2.45) is 0 Å². The monoisotopic (exact) mass is 254 g/mol. The summed E-state index contributed by atoms with van der Waals surface area (Å²) in [5, 5.41) is 8.27. The fraction of sp³-hybridized carbons (Fsp3) is 0.188. The lowest BCUT2D eigenvalue weighted by Crippen LogP contribution is -2.33. The van der Waals surface area contributed by atoms with E-state index in [9.17, 15) is 4.79 Å². The molecule has 0 spiro atoms. The van der Waals surface area contributed by atoms with Crippen molar-refractivity contribution >= 4 is 16.7 Å². The summed E-state index contributed by atoms with van der Waals surface area (Å²) in [6.45, 7) is 5.10. The molecule has 0 heterocycles. The molecule has 1 amide bonds. The minimum atomic E-state index is -0.00483. The average Bonchev–Trinajstić information content (AvgIpc) is 2.45. The van der Waals surface area contributed by atoms with E-state index in [0.29, 0.717) is 19.6 Å². The van der Waals surface area contributed by atoms with E-state index in [0.717, 1.165) is 5.56 Å². The first-order valence-corrected chi connectivity index (χ1v) is 6.36. The second kappa shape index (κ2) is 6.71. The maximum Gasteiger partial charge on any atom is 0.234 e. The Hall–Kier alpha value is -2.13. The molecule has 0 aliphatic carbocycles. The molecule has 19 heavy (non-hydrogen) atoms. The molecule has 0 aliphatic rings. The van der Waals surface area contributed by atoms with Crippen molar-refractivity contribution < 1.29 is 4.79 Å². The summed E-state index contributed by atoms with van der Waals surface area (Å²) in [7, 11) is 0. The fourth-order valence-electron chi connectivity index (χ4n) is 1.99. The zero-order chi connectivity index (χ0) is 13.5. The van der Waals surface area contributed by atoms with Crippen LogP contribution in [0, 0.1) is 0 Å². The van der Waals surface area contributed by atoms with Gasteiger partial charge in [0.05, 0.1) is 6.54 Å². The Kier molecular flexibility index (Phi) is 4.70. The number of hydrogen-bond acceptors (Lipinski definition) is 2. The van der Waals surface area contributed by atoms with E-state index < -0.39 is 0 Å². The summed E-state index contributed by atoms with van der Waals surface area (Å²) >= 11 is 0. The van der Waals surface area contributed by atoms with E-state index in [4.69, 9.17) is 0 Å². The molecule has 0 saturated heterocycles. The molecule has 3 nitrogen and oxygen atoms in total. The van der Waals surface area contributed by atoms with Crippen molar-refractivity contribution in [3.63, 3.8) is 0 Å². The highest BCUT2D eigenvalue weighted by Gasteiger charge is 2.03.